The van der Waals surface area contributed by atoms with E-state index in [9.17, 15) is 16.8 Å². The quantitative estimate of drug-likeness (QED) is 0.650. The maximum atomic E-state index is 12.3. The Kier molecular flexibility index (Phi) is 4.46. The average molecular weight is 440 g/mol. The summed E-state index contributed by atoms with van der Waals surface area (Å²) in [7, 11) is -7.68. The topological polar surface area (TPSA) is 113 Å². The molecule has 28 heavy (non-hydrogen) atoms. The van der Waals surface area contributed by atoms with Crippen LogP contribution in [0.2, 0.25) is 5.02 Å². The van der Waals surface area contributed by atoms with E-state index in [2.05, 4.69) is 4.98 Å². The molecule has 0 radical (unpaired) electrons. The highest BCUT2D eigenvalue weighted by Gasteiger charge is 2.26. The number of primary sulfonamides is 1. The molecule has 10 heteroatoms. The summed E-state index contributed by atoms with van der Waals surface area (Å²) < 4.78 is 48.0. The standard InChI is InChI=1S/C18H18ClN3O4S2/c1-27(23,24)18-9-12(28(20,25)26)3-5-17(18)22-7-6-16-14(10-22)13-8-11(19)2-4-15(13)21-16/h2-5,8-9,21H,6-7,10H2,1H3,(H2,20,25,26). The smallest absolute Gasteiger partial charge is 0.238 e. The van der Waals surface area contributed by atoms with Crippen molar-refractivity contribution < 1.29 is 16.8 Å². The van der Waals surface area contributed by atoms with Crippen molar-refractivity contribution in [3.05, 3.63) is 52.7 Å². The molecule has 2 aromatic carbocycles. The number of rotatable bonds is 3. The van der Waals surface area contributed by atoms with Crippen LogP contribution in [0.5, 0.6) is 0 Å². The molecule has 0 saturated heterocycles. The van der Waals surface area contributed by atoms with Gasteiger partial charge in [-0.3, -0.25) is 0 Å². The molecule has 1 aliphatic heterocycles. The molecule has 2 heterocycles. The molecule has 0 aliphatic carbocycles. The Balaban J connectivity index is 1.83. The summed E-state index contributed by atoms with van der Waals surface area (Å²) in [6.45, 7) is 1.07. The first-order valence-electron chi connectivity index (χ1n) is 8.45. The Hall–Kier alpha value is -2.07. The molecule has 0 unspecified atom stereocenters. The van der Waals surface area contributed by atoms with E-state index < -0.39 is 19.9 Å². The minimum Gasteiger partial charge on any atom is -0.366 e. The second kappa shape index (κ2) is 6.48. The SMILES string of the molecule is CS(=O)(=O)c1cc(S(N)(=O)=O)ccc1N1CCc2[nH]c3ccc(Cl)cc3c2C1. The third-order valence-corrected chi connectivity index (χ3v) is 7.21. The maximum Gasteiger partial charge on any atom is 0.238 e. The number of nitrogens with zero attached hydrogens (tertiary/aromatic N) is 1. The van der Waals surface area contributed by atoms with Crippen LogP contribution in [0.1, 0.15) is 11.3 Å². The normalized spacial score (nSPS) is 15.0. The summed E-state index contributed by atoms with van der Waals surface area (Å²) in [6, 6.07) is 9.59. The predicted molar refractivity (Wildman–Crippen MR) is 109 cm³/mol. The predicted octanol–water partition coefficient (Wildman–Crippen LogP) is 2.43. The summed E-state index contributed by atoms with van der Waals surface area (Å²) in [5.41, 5.74) is 3.58. The number of aromatic nitrogens is 1. The minimum absolute atomic E-state index is 0.0552. The van der Waals surface area contributed by atoms with Crippen molar-refractivity contribution in [2.45, 2.75) is 22.8 Å². The third kappa shape index (κ3) is 3.39. The van der Waals surface area contributed by atoms with Crippen molar-refractivity contribution in [2.75, 3.05) is 17.7 Å². The molecule has 0 amide bonds. The lowest BCUT2D eigenvalue weighted by atomic mass is 10.0. The number of nitrogens with two attached hydrogens (primary N) is 1. The lowest BCUT2D eigenvalue weighted by Gasteiger charge is -2.30. The van der Waals surface area contributed by atoms with Crippen LogP contribution in [0, 0.1) is 0 Å². The number of halogens is 1. The molecule has 3 aromatic rings. The number of benzene rings is 2. The average Bonchev–Trinajstić information content (AvgIpc) is 2.97. The molecule has 7 nitrogen and oxygen atoms in total. The second-order valence-electron chi connectivity index (χ2n) is 6.89. The van der Waals surface area contributed by atoms with Crippen LogP contribution in [0.3, 0.4) is 0 Å². The van der Waals surface area contributed by atoms with Crippen LogP contribution < -0.4 is 10.0 Å². The van der Waals surface area contributed by atoms with Gasteiger partial charge >= 0.3 is 0 Å². The van der Waals surface area contributed by atoms with Crippen molar-refractivity contribution in [2.24, 2.45) is 5.14 Å². The zero-order valence-corrected chi connectivity index (χ0v) is 17.3. The molecular weight excluding hydrogens is 422 g/mol. The molecule has 4 rings (SSSR count). The highest BCUT2D eigenvalue weighted by molar-refractivity contribution is 7.91. The van der Waals surface area contributed by atoms with Crippen LogP contribution >= 0.6 is 11.6 Å². The monoisotopic (exact) mass is 439 g/mol. The van der Waals surface area contributed by atoms with Crippen molar-refractivity contribution >= 4 is 48.1 Å². The van der Waals surface area contributed by atoms with Gasteiger partial charge in [0.25, 0.3) is 0 Å². The van der Waals surface area contributed by atoms with Gasteiger partial charge in [-0.05, 0) is 36.4 Å². The van der Waals surface area contributed by atoms with Crippen LogP contribution in [0.15, 0.2) is 46.2 Å². The first-order chi connectivity index (χ1) is 13.0. The van der Waals surface area contributed by atoms with E-state index in [4.69, 9.17) is 16.7 Å². The molecule has 1 aliphatic rings. The zero-order chi connectivity index (χ0) is 20.3. The van der Waals surface area contributed by atoms with E-state index in [1.807, 2.05) is 23.1 Å². The summed E-state index contributed by atoms with van der Waals surface area (Å²) >= 11 is 6.14. The Bertz CT molecular complexity index is 1310. The van der Waals surface area contributed by atoms with Crippen LogP contribution in [-0.2, 0) is 32.8 Å². The number of anilines is 1. The lowest BCUT2D eigenvalue weighted by molar-refractivity contribution is 0.596. The van der Waals surface area contributed by atoms with E-state index in [1.54, 1.807) is 0 Å². The minimum atomic E-state index is -4.01. The molecule has 0 spiro atoms. The summed E-state index contributed by atoms with van der Waals surface area (Å²) in [4.78, 5) is 5.04. The van der Waals surface area contributed by atoms with Gasteiger partial charge in [-0.2, -0.15) is 0 Å². The van der Waals surface area contributed by atoms with Crippen molar-refractivity contribution in [1.82, 2.24) is 4.98 Å². The molecule has 3 N–H and O–H groups in total. The number of hydrogen-bond acceptors (Lipinski definition) is 5. The van der Waals surface area contributed by atoms with E-state index in [1.165, 1.54) is 12.1 Å². The fraction of sp³-hybridized carbons (Fsp3) is 0.222. The van der Waals surface area contributed by atoms with E-state index in [0.29, 0.717) is 30.2 Å². The van der Waals surface area contributed by atoms with Crippen molar-refractivity contribution in [1.29, 1.82) is 0 Å². The van der Waals surface area contributed by atoms with Gasteiger partial charge in [0.2, 0.25) is 10.0 Å². The lowest BCUT2D eigenvalue weighted by Crippen LogP contribution is -2.31. The number of hydrogen-bond donors (Lipinski definition) is 2. The van der Waals surface area contributed by atoms with Crippen LogP contribution in [0.4, 0.5) is 5.69 Å². The van der Waals surface area contributed by atoms with Gasteiger partial charge in [0.05, 0.1) is 15.5 Å². The largest absolute Gasteiger partial charge is 0.366 e. The Morgan fingerprint density at radius 1 is 1.11 bits per heavy atom. The maximum absolute atomic E-state index is 12.3. The van der Waals surface area contributed by atoms with E-state index in [-0.39, 0.29) is 9.79 Å². The Morgan fingerprint density at radius 2 is 1.86 bits per heavy atom. The number of nitrogens with one attached hydrogen (secondary N) is 1. The van der Waals surface area contributed by atoms with Gasteiger partial charge in [0, 0.05) is 52.9 Å². The first-order valence-corrected chi connectivity index (χ1v) is 12.3. The number of fused-ring (bicyclic) bond motifs is 3. The number of aromatic amines is 1. The molecule has 0 saturated carbocycles. The van der Waals surface area contributed by atoms with Crippen molar-refractivity contribution in [3.8, 4) is 0 Å². The number of H-pyrrole nitrogens is 1. The van der Waals surface area contributed by atoms with Gasteiger partial charge < -0.3 is 9.88 Å². The number of sulfone groups is 1. The summed E-state index contributed by atoms with van der Waals surface area (Å²) in [5.74, 6) is 0. The van der Waals surface area contributed by atoms with Gasteiger partial charge in [-0.25, -0.2) is 22.0 Å². The Labute approximate surface area is 168 Å². The van der Waals surface area contributed by atoms with Crippen LogP contribution in [-0.4, -0.2) is 34.6 Å². The third-order valence-electron chi connectivity index (χ3n) is 4.94. The summed E-state index contributed by atoms with van der Waals surface area (Å²) in [5, 5.41) is 6.79. The molecule has 0 bridgehead atoms. The van der Waals surface area contributed by atoms with E-state index >= 15 is 0 Å². The van der Waals surface area contributed by atoms with E-state index in [0.717, 1.165) is 34.5 Å². The fourth-order valence-electron chi connectivity index (χ4n) is 3.62. The second-order valence-corrected chi connectivity index (χ2v) is 10.9. The molecular formula is C18H18ClN3O4S2. The van der Waals surface area contributed by atoms with Crippen molar-refractivity contribution in [3.63, 3.8) is 0 Å². The van der Waals surface area contributed by atoms with Gasteiger partial charge in [-0.15, -0.1) is 0 Å². The number of sulfonamides is 1. The zero-order valence-electron chi connectivity index (χ0n) is 14.9. The molecule has 0 fully saturated rings. The van der Waals surface area contributed by atoms with Gasteiger partial charge in [0.1, 0.15) is 0 Å². The molecule has 148 valence electrons. The fourth-order valence-corrected chi connectivity index (χ4v) is 5.33. The summed E-state index contributed by atoms with van der Waals surface area (Å²) in [6.07, 6.45) is 1.75. The first kappa shape index (κ1) is 19.3. The highest BCUT2D eigenvalue weighted by Crippen LogP contribution is 2.35. The highest BCUT2D eigenvalue weighted by atomic mass is 35.5. The molecule has 1 aromatic heterocycles. The van der Waals surface area contributed by atoms with Gasteiger partial charge in [0.15, 0.2) is 9.84 Å². The van der Waals surface area contributed by atoms with Crippen LogP contribution in [0.25, 0.3) is 10.9 Å². The molecule has 0 atom stereocenters. The Morgan fingerprint density at radius 3 is 2.54 bits per heavy atom. The van der Waals surface area contributed by atoms with Gasteiger partial charge in [-0.1, -0.05) is 11.6 Å².